The van der Waals surface area contributed by atoms with Gasteiger partial charge < -0.3 is 20.7 Å². The number of ether oxygens (including phenoxy) is 1. The lowest BCUT2D eigenvalue weighted by Gasteiger charge is -2.14. The van der Waals surface area contributed by atoms with Gasteiger partial charge in [0, 0.05) is 25.2 Å². The average molecular weight is 241 g/mol. The second-order valence-electron chi connectivity index (χ2n) is 4.03. The molecule has 0 aromatic heterocycles. The van der Waals surface area contributed by atoms with Crippen molar-refractivity contribution < 1.29 is 9.13 Å². The zero-order valence-corrected chi connectivity index (χ0v) is 10.6. The van der Waals surface area contributed by atoms with Gasteiger partial charge in [0.1, 0.15) is 0 Å². The largest absolute Gasteiger partial charge is 0.491 e. The van der Waals surface area contributed by atoms with Gasteiger partial charge in [-0.05, 0) is 21.0 Å². The van der Waals surface area contributed by atoms with Crippen molar-refractivity contribution in [3.8, 4) is 5.75 Å². The molecule has 3 N–H and O–H groups in total. The van der Waals surface area contributed by atoms with E-state index in [9.17, 15) is 4.39 Å². The van der Waals surface area contributed by atoms with E-state index in [1.54, 1.807) is 6.07 Å². The SMILES string of the molecule is CCOc1cc(NCCN(C)C)c(N)cc1F. The van der Waals surface area contributed by atoms with Crippen molar-refractivity contribution in [1.82, 2.24) is 4.90 Å². The summed E-state index contributed by atoms with van der Waals surface area (Å²) in [6.07, 6.45) is 0. The second-order valence-corrected chi connectivity index (χ2v) is 4.03. The Morgan fingerprint density at radius 1 is 1.41 bits per heavy atom. The molecule has 0 aliphatic carbocycles. The van der Waals surface area contributed by atoms with Crippen molar-refractivity contribution in [2.24, 2.45) is 0 Å². The van der Waals surface area contributed by atoms with Gasteiger partial charge in [0.05, 0.1) is 18.0 Å². The highest BCUT2D eigenvalue weighted by Gasteiger charge is 2.08. The summed E-state index contributed by atoms with van der Waals surface area (Å²) in [5.74, 6) is -0.198. The molecule has 0 radical (unpaired) electrons. The molecule has 0 saturated carbocycles. The Morgan fingerprint density at radius 2 is 2.12 bits per heavy atom. The molecule has 0 aliphatic rings. The predicted octanol–water partition coefficient (Wildman–Crippen LogP) is 1.78. The molecule has 0 fully saturated rings. The number of nitrogens with one attached hydrogen (secondary N) is 1. The maximum atomic E-state index is 13.4. The van der Waals surface area contributed by atoms with E-state index in [4.69, 9.17) is 10.5 Å². The number of likely N-dealkylation sites (N-methyl/N-ethyl adjacent to an activating group) is 1. The molecule has 5 heteroatoms. The third-order valence-corrected chi connectivity index (χ3v) is 2.28. The van der Waals surface area contributed by atoms with Gasteiger partial charge in [0.2, 0.25) is 0 Å². The summed E-state index contributed by atoms with van der Waals surface area (Å²) < 4.78 is 18.6. The zero-order chi connectivity index (χ0) is 12.8. The first kappa shape index (κ1) is 13.6. The van der Waals surface area contributed by atoms with E-state index in [2.05, 4.69) is 10.2 Å². The van der Waals surface area contributed by atoms with Crippen LogP contribution in [0.5, 0.6) is 5.75 Å². The van der Waals surface area contributed by atoms with Gasteiger partial charge in [-0.25, -0.2) is 4.39 Å². The van der Waals surface area contributed by atoms with E-state index in [0.717, 1.165) is 13.1 Å². The van der Waals surface area contributed by atoms with Gasteiger partial charge in [-0.1, -0.05) is 0 Å². The van der Waals surface area contributed by atoms with Crippen LogP contribution in [-0.2, 0) is 0 Å². The zero-order valence-electron chi connectivity index (χ0n) is 10.6. The first-order valence-corrected chi connectivity index (χ1v) is 5.65. The van der Waals surface area contributed by atoms with Gasteiger partial charge in [-0.15, -0.1) is 0 Å². The van der Waals surface area contributed by atoms with Crippen molar-refractivity contribution in [3.05, 3.63) is 17.9 Å². The standard InChI is InChI=1S/C12H20FN3O/c1-4-17-12-8-11(10(14)7-9(12)13)15-5-6-16(2)3/h7-8,15H,4-6,14H2,1-3H3. The highest BCUT2D eigenvalue weighted by atomic mass is 19.1. The monoisotopic (exact) mass is 241 g/mol. The molecule has 0 amide bonds. The second kappa shape index (κ2) is 6.30. The van der Waals surface area contributed by atoms with E-state index >= 15 is 0 Å². The molecule has 4 nitrogen and oxygen atoms in total. The van der Waals surface area contributed by atoms with Crippen LogP contribution in [0.1, 0.15) is 6.92 Å². The van der Waals surface area contributed by atoms with E-state index in [-0.39, 0.29) is 5.75 Å². The van der Waals surface area contributed by atoms with Gasteiger partial charge in [0.15, 0.2) is 11.6 Å². The maximum Gasteiger partial charge on any atom is 0.167 e. The average Bonchev–Trinajstić information content (AvgIpc) is 2.24. The Bertz CT molecular complexity index is 369. The number of nitrogens with two attached hydrogens (primary N) is 1. The minimum atomic E-state index is -0.428. The Morgan fingerprint density at radius 3 is 2.71 bits per heavy atom. The van der Waals surface area contributed by atoms with Crippen LogP contribution in [0, 0.1) is 5.82 Å². The fourth-order valence-electron chi connectivity index (χ4n) is 1.40. The molecule has 96 valence electrons. The number of anilines is 2. The fourth-order valence-corrected chi connectivity index (χ4v) is 1.40. The Balaban J connectivity index is 2.73. The number of nitrogen functional groups attached to an aromatic ring is 1. The minimum Gasteiger partial charge on any atom is -0.491 e. The number of halogens is 1. The predicted molar refractivity (Wildman–Crippen MR) is 69.0 cm³/mol. The van der Waals surface area contributed by atoms with Crippen LogP contribution < -0.4 is 15.8 Å². The molecule has 0 saturated heterocycles. The summed E-state index contributed by atoms with van der Waals surface area (Å²) in [5, 5.41) is 3.16. The molecule has 0 spiro atoms. The van der Waals surface area contributed by atoms with Crippen molar-refractivity contribution in [2.45, 2.75) is 6.92 Å². The van der Waals surface area contributed by atoms with E-state index in [1.165, 1.54) is 6.07 Å². The Kier molecular flexibility index (Phi) is 5.03. The lowest BCUT2D eigenvalue weighted by Crippen LogP contribution is -2.21. The van der Waals surface area contributed by atoms with Crippen LogP contribution in [0.2, 0.25) is 0 Å². The summed E-state index contributed by atoms with van der Waals surface area (Å²) >= 11 is 0. The molecule has 0 aliphatic heterocycles. The van der Waals surface area contributed by atoms with Crippen molar-refractivity contribution >= 4 is 11.4 Å². The lowest BCUT2D eigenvalue weighted by atomic mass is 10.2. The number of hydrogen-bond donors (Lipinski definition) is 2. The molecular weight excluding hydrogens is 221 g/mol. The summed E-state index contributed by atoms with van der Waals surface area (Å²) in [5.41, 5.74) is 6.83. The third-order valence-electron chi connectivity index (χ3n) is 2.28. The number of hydrogen-bond acceptors (Lipinski definition) is 4. The Labute approximate surface area is 102 Å². The lowest BCUT2D eigenvalue weighted by molar-refractivity contribution is 0.322. The van der Waals surface area contributed by atoms with E-state index < -0.39 is 5.82 Å². The van der Waals surface area contributed by atoms with Crippen molar-refractivity contribution in [2.75, 3.05) is 44.8 Å². The fraction of sp³-hybridized carbons (Fsp3) is 0.500. The molecule has 1 aromatic carbocycles. The molecule has 17 heavy (non-hydrogen) atoms. The summed E-state index contributed by atoms with van der Waals surface area (Å²) in [6.45, 7) is 3.86. The number of rotatable bonds is 6. The van der Waals surface area contributed by atoms with Crippen LogP contribution in [-0.4, -0.2) is 38.7 Å². The molecule has 0 atom stereocenters. The minimum absolute atomic E-state index is 0.231. The smallest absolute Gasteiger partial charge is 0.167 e. The number of benzene rings is 1. The van der Waals surface area contributed by atoms with Crippen LogP contribution in [0.25, 0.3) is 0 Å². The molecule has 0 unspecified atom stereocenters. The first-order chi connectivity index (χ1) is 8.04. The van der Waals surface area contributed by atoms with Crippen LogP contribution in [0.4, 0.5) is 15.8 Å². The van der Waals surface area contributed by atoms with Gasteiger partial charge in [0.25, 0.3) is 0 Å². The molecule has 0 bridgehead atoms. The van der Waals surface area contributed by atoms with Crippen LogP contribution >= 0.6 is 0 Å². The highest BCUT2D eigenvalue weighted by Crippen LogP contribution is 2.28. The summed E-state index contributed by atoms with van der Waals surface area (Å²) in [6, 6.07) is 2.88. The van der Waals surface area contributed by atoms with Gasteiger partial charge >= 0.3 is 0 Å². The quantitative estimate of drug-likeness (QED) is 0.745. The van der Waals surface area contributed by atoms with Gasteiger partial charge in [-0.3, -0.25) is 0 Å². The normalized spacial score (nSPS) is 10.6. The van der Waals surface area contributed by atoms with E-state index in [1.807, 2.05) is 21.0 Å². The molecule has 1 aromatic rings. The van der Waals surface area contributed by atoms with Crippen LogP contribution in [0.3, 0.4) is 0 Å². The maximum absolute atomic E-state index is 13.4. The third kappa shape index (κ3) is 4.11. The van der Waals surface area contributed by atoms with E-state index in [0.29, 0.717) is 18.0 Å². The topological polar surface area (TPSA) is 50.5 Å². The molecular formula is C12H20FN3O. The summed E-state index contributed by atoms with van der Waals surface area (Å²) in [4.78, 5) is 2.05. The van der Waals surface area contributed by atoms with Gasteiger partial charge in [-0.2, -0.15) is 0 Å². The first-order valence-electron chi connectivity index (χ1n) is 5.65. The molecule has 1 rings (SSSR count). The van der Waals surface area contributed by atoms with Crippen LogP contribution in [0.15, 0.2) is 12.1 Å². The Hall–Kier alpha value is -1.49. The number of nitrogens with zero attached hydrogens (tertiary/aromatic N) is 1. The summed E-state index contributed by atoms with van der Waals surface area (Å²) in [7, 11) is 3.97. The highest BCUT2D eigenvalue weighted by molar-refractivity contribution is 5.68. The van der Waals surface area contributed by atoms with Crippen molar-refractivity contribution in [3.63, 3.8) is 0 Å². The molecule has 0 heterocycles. The van der Waals surface area contributed by atoms with Crippen molar-refractivity contribution in [1.29, 1.82) is 0 Å².